The van der Waals surface area contributed by atoms with Gasteiger partial charge < -0.3 is 13.9 Å². The maximum Gasteiger partial charge on any atom is 0.322 e. The number of nitrogens with one attached hydrogen (secondary N) is 1. The van der Waals surface area contributed by atoms with Gasteiger partial charge in [-0.3, -0.25) is 10.1 Å². The van der Waals surface area contributed by atoms with Crippen LogP contribution in [-0.2, 0) is 0 Å². The Labute approximate surface area is 147 Å². The molecular formula is C16H16N4O4S. The van der Waals surface area contributed by atoms with Crippen LogP contribution < -0.4 is 14.8 Å². The number of carbonyl (C=O) groups is 1. The molecule has 0 aliphatic carbocycles. The number of ether oxygens (including phenoxy) is 2. The van der Waals surface area contributed by atoms with Crippen LogP contribution in [0.4, 0.5) is 6.01 Å². The maximum atomic E-state index is 12.3. The minimum absolute atomic E-state index is 0.000150. The van der Waals surface area contributed by atoms with Crippen molar-refractivity contribution in [1.82, 2.24) is 15.2 Å². The first-order chi connectivity index (χ1) is 12.0. The average Bonchev–Trinajstić information content (AvgIpc) is 3.19. The van der Waals surface area contributed by atoms with E-state index in [9.17, 15) is 4.79 Å². The molecule has 0 saturated carbocycles. The van der Waals surface area contributed by atoms with Crippen molar-refractivity contribution in [2.45, 2.75) is 13.8 Å². The highest BCUT2D eigenvalue weighted by atomic mass is 32.1. The van der Waals surface area contributed by atoms with Crippen LogP contribution in [-0.4, -0.2) is 35.3 Å². The van der Waals surface area contributed by atoms with Crippen LogP contribution in [0.5, 0.6) is 11.5 Å². The number of benzene rings is 1. The summed E-state index contributed by atoms with van der Waals surface area (Å²) in [4.78, 5) is 17.7. The number of aromatic nitrogens is 3. The zero-order chi connectivity index (χ0) is 18.0. The van der Waals surface area contributed by atoms with Crippen molar-refractivity contribution in [1.29, 1.82) is 0 Å². The first-order valence-electron chi connectivity index (χ1n) is 7.33. The number of thiazole rings is 1. The molecule has 0 spiro atoms. The van der Waals surface area contributed by atoms with Gasteiger partial charge in [-0.2, -0.15) is 0 Å². The number of methoxy groups -OCH3 is 2. The van der Waals surface area contributed by atoms with Crippen LogP contribution in [0.1, 0.15) is 20.2 Å². The van der Waals surface area contributed by atoms with Crippen LogP contribution in [0, 0.1) is 13.8 Å². The van der Waals surface area contributed by atoms with E-state index >= 15 is 0 Å². The molecule has 2 aromatic heterocycles. The Kier molecular flexibility index (Phi) is 4.66. The predicted molar refractivity (Wildman–Crippen MR) is 92.4 cm³/mol. The van der Waals surface area contributed by atoms with Crippen molar-refractivity contribution in [2.75, 3.05) is 19.5 Å². The molecule has 2 heterocycles. The molecule has 9 heteroatoms. The number of carbonyl (C=O) groups excluding carboxylic acids is 1. The molecule has 0 saturated heterocycles. The topological polar surface area (TPSA) is 99.4 Å². The Morgan fingerprint density at radius 2 is 1.92 bits per heavy atom. The van der Waals surface area contributed by atoms with Gasteiger partial charge in [0.25, 0.3) is 11.8 Å². The van der Waals surface area contributed by atoms with Crippen LogP contribution in [0.25, 0.3) is 11.6 Å². The second kappa shape index (κ2) is 6.89. The van der Waals surface area contributed by atoms with E-state index in [0.717, 1.165) is 9.88 Å². The first kappa shape index (κ1) is 16.9. The van der Waals surface area contributed by atoms with E-state index in [4.69, 9.17) is 13.9 Å². The molecule has 8 nitrogen and oxygen atoms in total. The van der Waals surface area contributed by atoms with E-state index in [1.54, 1.807) is 18.2 Å². The number of anilines is 1. The maximum absolute atomic E-state index is 12.3. The fourth-order valence-electron chi connectivity index (χ4n) is 2.24. The summed E-state index contributed by atoms with van der Waals surface area (Å²) in [5, 5.41) is 11.2. The summed E-state index contributed by atoms with van der Waals surface area (Å²) in [6, 6.07) is 4.83. The molecule has 3 rings (SSSR count). The summed E-state index contributed by atoms with van der Waals surface area (Å²) < 4.78 is 15.8. The number of hydrogen-bond donors (Lipinski definition) is 1. The fourth-order valence-corrected chi connectivity index (χ4v) is 3.05. The third kappa shape index (κ3) is 3.45. The lowest BCUT2D eigenvalue weighted by Gasteiger charge is -2.08. The number of hydrogen-bond acceptors (Lipinski definition) is 8. The van der Waals surface area contributed by atoms with Crippen molar-refractivity contribution in [2.24, 2.45) is 0 Å². The third-order valence-corrected chi connectivity index (χ3v) is 4.28. The molecule has 130 valence electrons. The molecule has 0 radical (unpaired) electrons. The Morgan fingerprint density at radius 3 is 2.56 bits per heavy atom. The first-order valence-corrected chi connectivity index (χ1v) is 8.14. The van der Waals surface area contributed by atoms with E-state index in [1.807, 2.05) is 13.8 Å². The highest BCUT2D eigenvalue weighted by molar-refractivity contribution is 7.11. The van der Waals surface area contributed by atoms with Gasteiger partial charge in [0.2, 0.25) is 0 Å². The molecule has 25 heavy (non-hydrogen) atoms. The van der Waals surface area contributed by atoms with Crippen molar-refractivity contribution >= 4 is 23.3 Å². The van der Waals surface area contributed by atoms with Gasteiger partial charge in [-0.15, -0.1) is 16.4 Å². The molecule has 3 aromatic rings. The molecule has 1 amide bonds. The molecule has 0 aliphatic rings. The molecule has 0 aliphatic heterocycles. The number of amides is 1. The minimum atomic E-state index is -0.401. The van der Waals surface area contributed by atoms with Crippen molar-refractivity contribution in [3.63, 3.8) is 0 Å². The zero-order valence-corrected chi connectivity index (χ0v) is 14.9. The Bertz CT molecular complexity index is 919. The van der Waals surface area contributed by atoms with Gasteiger partial charge in [0.1, 0.15) is 5.69 Å². The Balaban J connectivity index is 1.79. The van der Waals surface area contributed by atoms with E-state index in [-0.39, 0.29) is 11.9 Å². The van der Waals surface area contributed by atoms with Gasteiger partial charge in [-0.25, -0.2) is 4.98 Å². The van der Waals surface area contributed by atoms with E-state index < -0.39 is 5.91 Å². The minimum Gasteiger partial charge on any atom is -0.493 e. The van der Waals surface area contributed by atoms with Crippen molar-refractivity contribution in [3.05, 3.63) is 33.6 Å². The zero-order valence-electron chi connectivity index (χ0n) is 14.1. The number of rotatable bonds is 5. The van der Waals surface area contributed by atoms with E-state index in [1.165, 1.54) is 25.6 Å². The largest absolute Gasteiger partial charge is 0.493 e. The normalized spacial score (nSPS) is 10.6. The van der Waals surface area contributed by atoms with Gasteiger partial charge in [0.15, 0.2) is 11.5 Å². The molecular weight excluding hydrogens is 344 g/mol. The monoisotopic (exact) mass is 360 g/mol. The average molecular weight is 360 g/mol. The summed E-state index contributed by atoms with van der Waals surface area (Å²) >= 11 is 1.54. The van der Waals surface area contributed by atoms with Crippen molar-refractivity contribution < 1.29 is 18.7 Å². The fraction of sp³-hybridized carbons (Fsp3) is 0.250. The van der Waals surface area contributed by atoms with Crippen LogP contribution in [0.2, 0.25) is 0 Å². The molecule has 0 fully saturated rings. The van der Waals surface area contributed by atoms with E-state index in [0.29, 0.717) is 22.8 Å². The second-order valence-corrected chi connectivity index (χ2v) is 6.48. The van der Waals surface area contributed by atoms with Gasteiger partial charge in [0, 0.05) is 10.4 Å². The summed E-state index contributed by atoms with van der Waals surface area (Å²) in [6.07, 6.45) is 0. The molecule has 0 bridgehead atoms. The number of nitrogens with zero attached hydrogens (tertiary/aromatic N) is 3. The standard InChI is InChI=1S/C16H16N4O4S/c1-8-13(17-9(2)25-8)15-19-20-16(24-15)18-14(21)10-5-6-11(22-3)12(7-10)23-4/h5-7H,1-4H3,(H,18,20,21). The Morgan fingerprint density at radius 1 is 1.16 bits per heavy atom. The lowest BCUT2D eigenvalue weighted by molar-refractivity contribution is 0.102. The highest BCUT2D eigenvalue weighted by Gasteiger charge is 2.17. The van der Waals surface area contributed by atoms with Crippen LogP contribution in [0.3, 0.4) is 0 Å². The summed E-state index contributed by atoms with van der Waals surface area (Å²) in [7, 11) is 3.03. The third-order valence-electron chi connectivity index (χ3n) is 3.40. The Hall–Kier alpha value is -2.94. The summed E-state index contributed by atoms with van der Waals surface area (Å²) in [5.41, 5.74) is 1.000. The molecule has 0 atom stereocenters. The van der Waals surface area contributed by atoms with E-state index in [2.05, 4.69) is 20.5 Å². The van der Waals surface area contributed by atoms with Gasteiger partial charge in [-0.05, 0) is 32.0 Å². The molecule has 0 unspecified atom stereocenters. The lowest BCUT2D eigenvalue weighted by Crippen LogP contribution is -2.12. The van der Waals surface area contributed by atoms with Gasteiger partial charge in [0.05, 0.1) is 19.2 Å². The van der Waals surface area contributed by atoms with Crippen molar-refractivity contribution in [3.8, 4) is 23.1 Å². The summed E-state index contributed by atoms with van der Waals surface area (Å²) in [6.45, 7) is 3.82. The molecule has 1 aromatic carbocycles. The molecule has 1 N–H and O–H groups in total. The van der Waals surface area contributed by atoms with Gasteiger partial charge in [-0.1, -0.05) is 5.10 Å². The smallest absolute Gasteiger partial charge is 0.322 e. The highest BCUT2D eigenvalue weighted by Crippen LogP contribution is 2.29. The quantitative estimate of drug-likeness (QED) is 0.746. The number of aryl methyl sites for hydroxylation is 2. The van der Waals surface area contributed by atoms with Crippen LogP contribution in [0.15, 0.2) is 22.6 Å². The lowest BCUT2D eigenvalue weighted by atomic mass is 10.2. The SMILES string of the molecule is COc1ccc(C(=O)Nc2nnc(-c3nc(C)sc3C)o2)cc1OC. The second-order valence-electron chi connectivity index (χ2n) is 5.07. The predicted octanol–water partition coefficient (Wildman–Crippen LogP) is 3.08. The van der Waals surface area contributed by atoms with Crippen LogP contribution >= 0.6 is 11.3 Å². The summed E-state index contributed by atoms with van der Waals surface area (Å²) in [5.74, 6) is 0.857. The van der Waals surface area contributed by atoms with Gasteiger partial charge >= 0.3 is 6.01 Å².